The normalized spacial score (nSPS) is 18.0. The first-order valence-corrected chi connectivity index (χ1v) is 7.20. The molecule has 19 heavy (non-hydrogen) atoms. The highest BCUT2D eigenvalue weighted by molar-refractivity contribution is 5.72. The largest absolute Gasteiger partial charge is 0.469 e. The zero-order valence-corrected chi connectivity index (χ0v) is 12.4. The molecule has 0 amide bonds. The number of likely N-dealkylation sites (tertiary alicyclic amines) is 1. The summed E-state index contributed by atoms with van der Waals surface area (Å²) in [6, 6.07) is 2.34. The molecule has 0 aromatic rings. The second-order valence-corrected chi connectivity index (χ2v) is 6.09. The van der Waals surface area contributed by atoms with Crippen molar-refractivity contribution in [2.24, 2.45) is 11.3 Å². The van der Waals surface area contributed by atoms with Crippen LogP contribution in [0.5, 0.6) is 0 Å². The number of ether oxygens (including phenoxy) is 1. The number of hydrogen-bond acceptors (Lipinski definition) is 4. The Morgan fingerprint density at radius 1 is 1.37 bits per heavy atom. The molecular formula is C15H26N2O2. The second kappa shape index (κ2) is 7.49. The minimum atomic E-state index is -0.197. The topological polar surface area (TPSA) is 53.3 Å². The third-order valence-corrected chi connectivity index (χ3v) is 3.95. The molecule has 0 aromatic carbocycles. The lowest BCUT2D eigenvalue weighted by Gasteiger charge is -2.30. The molecule has 4 nitrogen and oxygen atoms in total. The van der Waals surface area contributed by atoms with Gasteiger partial charge in [0.05, 0.1) is 24.5 Å². The number of carbonyl (C=O) groups excluding carboxylic acids is 1. The van der Waals surface area contributed by atoms with Crippen LogP contribution in [-0.2, 0) is 9.53 Å². The van der Waals surface area contributed by atoms with Gasteiger partial charge in [0.15, 0.2) is 0 Å². The summed E-state index contributed by atoms with van der Waals surface area (Å²) in [5.74, 6) is 0.0363. The molecule has 4 heteroatoms. The highest BCUT2D eigenvalue weighted by Gasteiger charge is 2.25. The maximum atomic E-state index is 11.4. The maximum absolute atomic E-state index is 11.4. The lowest BCUT2D eigenvalue weighted by Crippen LogP contribution is -2.37. The number of piperidine rings is 1. The van der Waals surface area contributed by atoms with Gasteiger partial charge in [-0.3, -0.25) is 4.79 Å². The Bertz CT molecular complexity index is 326. The second-order valence-electron chi connectivity index (χ2n) is 6.09. The van der Waals surface area contributed by atoms with Gasteiger partial charge in [0.2, 0.25) is 0 Å². The monoisotopic (exact) mass is 266 g/mol. The molecule has 1 rings (SSSR count). The van der Waals surface area contributed by atoms with Crippen LogP contribution < -0.4 is 0 Å². The maximum Gasteiger partial charge on any atom is 0.308 e. The molecule has 0 atom stereocenters. The molecular weight excluding hydrogens is 240 g/mol. The van der Waals surface area contributed by atoms with Gasteiger partial charge in [-0.05, 0) is 59.2 Å². The van der Waals surface area contributed by atoms with E-state index in [4.69, 9.17) is 10.00 Å². The molecule has 0 saturated carbocycles. The van der Waals surface area contributed by atoms with Crippen LogP contribution in [0.25, 0.3) is 0 Å². The Morgan fingerprint density at radius 2 is 2.00 bits per heavy atom. The van der Waals surface area contributed by atoms with E-state index in [2.05, 4.69) is 11.0 Å². The van der Waals surface area contributed by atoms with Gasteiger partial charge in [0.1, 0.15) is 0 Å². The van der Waals surface area contributed by atoms with Crippen LogP contribution in [0.2, 0.25) is 0 Å². The van der Waals surface area contributed by atoms with Gasteiger partial charge in [-0.25, -0.2) is 0 Å². The van der Waals surface area contributed by atoms with Crippen molar-refractivity contribution in [3.8, 4) is 6.07 Å². The number of unbranched alkanes of at least 4 members (excludes halogenated alkanes) is 1. The van der Waals surface area contributed by atoms with Crippen LogP contribution in [0.15, 0.2) is 0 Å². The predicted molar refractivity (Wildman–Crippen MR) is 74.4 cm³/mol. The number of nitriles is 1. The van der Waals surface area contributed by atoms with E-state index in [0.717, 1.165) is 51.7 Å². The van der Waals surface area contributed by atoms with Gasteiger partial charge in [-0.1, -0.05) is 6.42 Å². The molecule has 0 N–H and O–H groups in total. The first-order chi connectivity index (χ1) is 8.98. The van der Waals surface area contributed by atoms with Crippen LogP contribution in [0, 0.1) is 22.7 Å². The summed E-state index contributed by atoms with van der Waals surface area (Å²) in [5, 5.41) is 8.94. The van der Waals surface area contributed by atoms with Crippen molar-refractivity contribution in [1.29, 1.82) is 5.26 Å². The summed E-state index contributed by atoms with van der Waals surface area (Å²) in [6.45, 7) is 7.04. The summed E-state index contributed by atoms with van der Waals surface area (Å²) in [5.41, 5.74) is -0.197. The van der Waals surface area contributed by atoms with Gasteiger partial charge >= 0.3 is 5.97 Å². The van der Waals surface area contributed by atoms with Gasteiger partial charge in [-0.2, -0.15) is 5.26 Å². The van der Waals surface area contributed by atoms with Crippen molar-refractivity contribution in [2.75, 3.05) is 26.7 Å². The van der Waals surface area contributed by atoms with E-state index in [1.807, 2.05) is 13.8 Å². The smallest absolute Gasteiger partial charge is 0.308 e. The quantitative estimate of drug-likeness (QED) is 0.548. The SMILES string of the molecule is COC(=O)C1CCN(CCCCC(C)(C)C#N)CC1. The predicted octanol–water partition coefficient (Wildman–Crippen LogP) is 2.59. The zero-order chi connectivity index (χ0) is 14.3. The summed E-state index contributed by atoms with van der Waals surface area (Å²) in [6.07, 6.45) is 5.01. The Kier molecular flexibility index (Phi) is 6.30. The van der Waals surface area contributed by atoms with Crippen molar-refractivity contribution in [3.63, 3.8) is 0 Å². The summed E-state index contributed by atoms with van der Waals surface area (Å²) in [7, 11) is 1.46. The molecule has 0 aromatic heterocycles. The molecule has 1 heterocycles. The van der Waals surface area contributed by atoms with E-state index in [-0.39, 0.29) is 17.3 Å². The van der Waals surface area contributed by atoms with E-state index >= 15 is 0 Å². The van der Waals surface area contributed by atoms with Crippen LogP contribution in [0.3, 0.4) is 0 Å². The molecule has 1 saturated heterocycles. The van der Waals surface area contributed by atoms with Gasteiger partial charge in [-0.15, -0.1) is 0 Å². The van der Waals surface area contributed by atoms with E-state index in [9.17, 15) is 4.79 Å². The number of hydrogen-bond donors (Lipinski definition) is 0. The number of methoxy groups -OCH3 is 1. The highest BCUT2D eigenvalue weighted by atomic mass is 16.5. The van der Waals surface area contributed by atoms with Crippen LogP contribution >= 0.6 is 0 Å². The molecule has 0 spiro atoms. The molecule has 0 radical (unpaired) electrons. The first kappa shape index (κ1) is 16.0. The number of nitrogens with zero attached hydrogens (tertiary/aromatic N) is 2. The third kappa shape index (κ3) is 5.61. The van der Waals surface area contributed by atoms with Crippen molar-refractivity contribution >= 4 is 5.97 Å². The van der Waals surface area contributed by atoms with E-state index in [1.165, 1.54) is 7.11 Å². The lowest BCUT2D eigenvalue weighted by molar-refractivity contribution is -0.147. The van der Waals surface area contributed by atoms with Crippen LogP contribution in [-0.4, -0.2) is 37.6 Å². The third-order valence-electron chi connectivity index (χ3n) is 3.95. The summed E-state index contributed by atoms with van der Waals surface area (Å²) in [4.78, 5) is 13.8. The van der Waals surface area contributed by atoms with Crippen molar-refractivity contribution in [3.05, 3.63) is 0 Å². The Morgan fingerprint density at radius 3 is 2.53 bits per heavy atom. The summed E-state index contributed by atoms with van der Waals surface area (Å²) < 4.78 is 4.79. The standard InChI is InChI=1S/C15H26N2O2/c1-15(2,12-16)8-4-5-9-17-10-6-13(7-11-17)14(18)19-3/h13H,4-11H2,1-3H3. The first-order valence-electron chi connectivity index (χ1n) is 7.20. The fourth-order valence-corrected chi connectivity index (χ4v) is 2.52. The molecule has 1 fully saturated rings. The van der Waals surface area contributed by atoms with Gasteiger partial charge < -0.3 is 9.64 Å². The van der Waals surface area contributed by atoms with Crippen molar-refractivity contribution in [1.82, 2.24) is 4.90 Å². The summed E-state index contributed by atoms with van der Waals surface area (Å²) >= 11 is 0. The van der Waals surface area contributed by atoms with E-state index in [0.29, 0.717) is 0 Å². The highest BCUT2D eigenvalue weighted by Crippen LogP contribution is 2.23. The molecule has 0 bridgehead atoms. The molecule has 1 aliphatic rings. The van der Waals surface area contributed by atoms with Gasteiger partial charge in [0.25, 0.3) is 0 Å². The number of carbonyl (C=O) groups is 1. The average molecular weight is 266 g/mol. The fourth-order valence-electron chi connectivity index (χ4n) is 2.52. The Balaban J connectivity index is 2.14. The minimum Gasteiger partial charge on any atom is -0.469 e. The van der Waals surface area contributed by atoms with Crippen LogP contribution in [0.4, 0.5) is 0 Å². The molecule has 0 aliphatic carbocycles. The molecule has 1 aliphatic heterocycles. The zero-order valence-electron chi connectivity index (χ0n) is 12.4. The van der Waals surface area contributed by atoms with Gasteiger partial charge in [0, 0.05) is 0 Å². The van der Waals surface area contributed by atoms with Crippen molar-refractivity contribution in [2.45, 2.75) is 46.0 Å². The lowest BCUT2D eigenvalue weighted by atomic mass is 9.89. The number of esters is 1. The minimum absolute atomic E-state index is 0.0598. The Labute approximate surface area is 116 Å². The fraction of sp³-hybridized carbons (Fsp3) is 0.867. The average Bonchev–Trinajstić information content (AvgIpc) is 2.43. The van der Waals surface area contributed by atoms with E-state index in [1.54, 1.807) is 0 Å². The van der Waals surface area contributed by atoms with E-state index < -0.39 is 0 Å². The Hall–Kier alpha value is -1.08. The molecule has 0 unspecified atom stereocenters. The molecule has 108 valence electrons. The number of rotatable bonds is 6. The van der Waals surface area contributed by atoms with Crippen LogP contribution in [0.1, 0.15) is 46.0 Å². The van der Waals surface area contributed by atoms with Crippen molar-refractivity contribution < 1.29 is 9.53 Å².